The molecule has 0 fully saturated rings. The van der Waals surface area contributed by atoms with Crippen molar-refractivity contribution in [3.63, 3.8) is 0 Å². The van der Waals surface area contributed by atoms with Crippen LogP contribution in [-0.2, 0) is 0 Å². The summed E-state index contributed by atoms with van der Waals surface area (Å²) in [4.78, 5) is 10.6. The van der Waals surface area contributed by atoms with Gasteiger partial charge in [0.1, 0.15) is 5.69 Å². The lowest BCUT2D eigenvalue weighted by atomic mass is 10.1. The third kappa shape index (κ3) is 3.85. The molecule has 114 valence electrons. The molecule has 0 aromatic heterocycles. The van der Waals surface area contributed by atoms with Gasteiger partial charge in [-0.05, 0) is 42.9 Å². The molecule has 0 saturated carbocycles. The Morgan fingerprint density at radius 3 is 2.55 bits per heavy atom. The van der Waals surface area contributed by atoms with Crippen molar-refractivity contribution in [1.29, 1.82) is 0 Å². The van der Waals surface area contributed by atoms with Crippen LogP contribution < -0.4 is 10.6 Å². The quantitative estimate of drug-likeness (QED) is 0.459. The fourth-order valence-electron chi connectivity index (χ4n) is 1.82. The Balaban J connectivity index is 2.19. The molecule has 0 saturated heterocycles. The molecule has 5 nitrogen and oxygen atoms in total. The number of anilines is 2. The maximum absolute atomic E-state index is 11.1. The van der Waals surface area contributed by atoms with Crippen LogP contribution in [0.25, 0.3) is 0 Å². The summed E-state index contributed by atoms with van der Waals surface area (Å²) in [6.07, 6.45) is 0. The van der Waals surface area contributed by atoms with Crippen LogP contribution in [0.5, 0.6) is 0 Å². The van der Waals surface area contributed by atoms with E-state index in [2.05, 4.69) is 10.6 Å². The Bertz CT molecular complexity index is 753. The summed E-state index contributed by atoms with van der Waals surface area (Å²) >= 11 is 16.9. The third-order valence-corrected chi connectivity index (χ3v) is 3.81. The number of aryl methyl sites for hydroxylation is 1. The van der Waals surface area contributed by atoms with Crippen molar-refractivity contribution < 1.29 is 4.92 Å². The van der Waals surface area contributed by atoms with Crippen LogP contribution >= 0.6 is 35.4 Å². The number of nitrogens with one attached hydrogen (secondary N) is 2. The van der Waals surface area contributed by atoms with Gasteiger partial charge in [0, 0.05) is 11.8 Å². The van der Waals surface area contributed by atoms with Gasteiger partial charge in [0.25, 0.3) is 5.69 Å². The second kappa shape index (κ2) is 6.91. The number of hydrogen-bond acceptors (Lipinski definition) is 3. The molecule has 0 spiro atoms. The van der Waals surface area contributed by atoms with Crippen LogP contribution in [0.15, 0.2) is 36.4 Å². The van der Waals surface area contributed by atoms with E-state index in [4.69, 9.17) is 35.4 Å². The van der Waals surface area contributed by atoms with Gasteiger partial charge >= 0.3 is 0 Å². The fraction of sp³-hybridized carbons (Fsp3) is 0.0714. The molecule has 0 amide bonds. The smallest absolute Gasteiger partial charge is 0.293 e. The van der Waals surface area contributed by atoms with Gasteiger partial charge in [-0.1, -0.05) is 35.3 Å². The predicted octanol–water partition coefficient (Wildman–Crippen LogP) is 5.02. The highest BCUT2D eigenvalue weighted by atomic mass is 35.5. The first kappa shape index (κ1) is 16.5. The van der Waals surface area contributed by atoms with Crippen LogP contribution in [0.3, 0.4) is 0 Å². The van der Waals surface area contributed by atoms with Crippen LogP contribution in [0.2, 0.25) is 10.0 Å². The zero-order valence-electron chi connectivity index (χ0n) is 11.4. The average molecular weight is 356 g/mol. The number of nitrogens with zero attached hydrogens (tertiary/aromatic N) is 1. The van der Waals surface area contributed by atoms with Gasteiger partial charge in [-0.2, -0.15) is 0 Å². The first-order chi connectivity index (χ1) is 10.4. The van der Waals surface area contributed by atoms with Crippen LogP contribution in [0.4, 0.5) is 17.1 Å². The Morgan fingerprint density at radius 2 is 1.91 bits per heavy atom. The van der Waals surface area contributed by atoms with Crippen molar-refractivity contribution in [3.8, 4) is 0 Å². The zero-order chi connectivity index (χ0) is 16.3. The molecule has 8 heteroatoms. The zero-order valence-corrected chi connectivity index (χ0v) is 13.7. The predicted molar refractivity (Wildman–Crippen MR) is 94.1 cm³/mol. The Kier molecular flexibility index (Phi) is 5.18. The highest BCUT2D eigenvalue weighted by molar-refractivity contribution is 7.80. The number of para-hydroxylation sites is 1. The molecule has 22 heavy (non-hydrogen) atoms. The Hall–Kier alpha value is -1.89. The SMILES string of the molecule is Cc1cccc([N+](=O)[O-])c1NC(=S)Nc1ccc(Cl)c(Cl)c1. The molecule has 0 aliphatic heterocycles. The number of benzene rings is 2. The van der Waals surface area contributed by atoms with E-state index in [1.54, 1.807) is 37.3 Å². The van der Waals surface area contributed by atoms with Crippen molar-refractivity contribution >= 4 is 57.6 Å². The van der Waals surface area contributed by atoms with Crippen molar-refractivity contribution in [2.45, 2.75) is 6.92 Å². The number of nitro groups is 1. The lowest BCUT2D eigenvalue weighted by molar-refractivity contribution is -0.383. The van der Waals surface area contributed by atoms with Crippen molar-refractivity contribution in [2.24, 2.45) is 0 Å². The lowest BCUT2D eigenvalue weighted by Gasteiger charge is -2.13. The molecule has 0 unspecified atom stereocenters. The van der Waals surface area contributed by atoms with E-state index in [1.807, 2.05) is 0 Å². The van der Waals surface area contributed by atoms with E-state index in [1.165, 1.54) is 6.07 Å². The molecule has 2 aromatic rings. The first-order valence-electron chi connectivity index (χ1n) is 6.15. The van der Waals surface area contributed by atoms with Gasteiger partial charge in [-0.3, -0.25) is 10.1 Å². The molecular weight excluding hydrogens is 345 g/mol. The van der Waals surface area contributed by atoms with Gasteiger partial charge < -0.3 is 10.6 Å². The van der Waals surface area contributed by atoms with Crippen LogP contribution in [0.1, 0.15) is 5.56 Å². The van der Waals surface area contributed by atoms with Gasteiger partial charge in [0.05, 0.1) is 15.0 Å². The van der Waals surface area contributed by atoms with E-state index in [-0.39, 0.29) is 10.8 Å². The fourth-order valence-corrected chi connectivity index (χ4v) is 2.33. The summed E-state index contributed by atoms with van der Waals surface area (Å²) < 4.78 is 0. The minimum atomic E-state index is -0.461. The second-order valence-corrected chi connectivity index (χ2v) is 5.66. The van der Waals surface area contributed by atoms with Crippen LogP contribution in [-0.4, -0.2) is 10.0 Å². The molecule has 0 aliphatic rings. The topological polar surface area (TPSA) is 67.2 Å². The van der Waals surface area contributed by atoms with E-state index in [9.17, 15) is 10.1 Å². The van der Waals surface area contributed by atoms with Gasteiger partial charge in [-0.15, -0.1) is 0 Å². The molecule has 2 aromatic carbocycles. The van der Waals surface area contributed by atoms with E-state index >= 15 is 0 Å². The molecule has 0 bridgehead atoms. The Labute approximate surface area is 142 Å². The monoisotopic (exact) mass is 355 g/mol. The summed E-state index contributed by atoms with van der Waals surface area (Å²) in [7, 11) is 0. The number of hydrogen-bond donors (Lipinski definition) is 2. The van der Waals surface area contributed by atoms with E-state index in [0.717, 1.165) is 0 Å². The average Bonchev–Trinajstić information content (AvgIpc) is 2.45. The minimum absolute atomic E-state index is 0.0433. The number of nitro benzene ring substituents is 1. The van der Waals surface area contributed by atoms with E-state index in [0.29, 0.717) is 27.0 Å². The second-order valence-electron chi connectivity index (χ2n) is 4.43. The highest BCUT2D eigenvalue weighted by Crippen LogP contribution is 2.28. The van der Waals surface area contributed by atoms with Crippen molar-refractivity contribution in [2.75, 3.05) is 10.6 Å². The lowest BCUT2D eigenvalue weighted by Crippen LogP contribution is -2.20. The summed E-state index contributed by atoms with van der Waals surface area (Å²) in [5.74, 6) is 0. The molecule has 2 rings (SSSR count). The van der Waals surface area contributed by atoms with Gasteiger partial charge in [0.15, 0.2) is 5.11 Å². The first-order valence-corrected chi connectivity index (χ1v) is 7.32. The summed E-state index contributed by atoms with van der Waals surface area (Å²) in [6, 6.07) is 9.74. The molecule has 0 radical (unpaired) electrons. The molecule has 2 N–H and O–H groups in total. The molecule has 0 aliphatic carbocycles. The van der Waals surface area contributed by atoms with E-state index < -0.39 is 4.92 Å². The number of halogens is 2. The van der Waals surface area contributed by atoms with Gasteiger partial charge in [-0.25, -0.2) is 0 Å². The van der Waals surface area contributed by atoms with Gasteiger partial charge in [0.2, 0.25) is 0 Å². The van der Waals surface area contributed by atoms with Crippen LogP contribution in [0, 0.1) is 17.0 Å². The molecule has 0 heterocycles. The molecule has 0 atom stereocenters. The third-order valence-electron chi connectivity index (χ3n) is 2.86. The number of rotatable bonds is 3. The summed E-state index contributed by atoms with van der Waals surface area (Å²) in [5, 5.41) is 17.9. The maximum atomic E-state index is 11.1. The molecular formula is C14H11Cl2N3O2S. The Morgan fingerprint density at radius 1 is 1.18 bits per heavy atom. The standard InChI is InChI=1S/C14H11Cl2N3O2S/c1-8-3-2-4-12(19(20)21)13(8)18-14(22)17-9-5-6-10(15)11(16)7-9/h2-7H,1H3,(H2,17,18,22). The maximum Gasteiger partial charge on any atom is 0.293 e. The summed E-state index contributed by atoms with van der Waals surface area (Å²) in [5.41, 5.74) is 1.65. The number of thiocarbonyl (C=S) groups is 1. The summed E-state index contributed by atoms with van der Waals surface area (Å²) in [6.45, 7) is 1.76. The normalized spacial score (nSPS) is 10.1. The highest BCUT2D eigenvalue weighted by Gasteiger charge is 2.16. The van der Waals surface area contributed by atoms with Crippen molar-refractivity contribution in [3.05, 3.63) is 62.1 Å². The van der Waals surface area contributed by atoms with Crippen molar-refractivity contribution in [1.82, 2.24) is 0 Å². The minimum Gasteiger partial charge on any atom is -0.332 e. The largest absolute Gasteiger partial charge is 0.332 e.